The molecule has 0 radical (unpaired) electrons. The number of hydrogen-bond donors (Lipinski definition) is 2. The molecule has 0 fully saturated rings. The standard InChI is InChI=1S/C20H19ClN4O2/c1-12-13(2)25-18-11-15(6-7-17(18)24-12)20(27)23-9-8-22-19(26)14-4-3-5-16(21)10-14/h3-7,10-11H,8-9H2,1-2H3,(H,22,26)(H,23,27). The van der Waals surface area contributed by atoms with Gasteiger partial charge < -0.3 is 10.6 Å². The van der Waals surface area contributed by atoms with Crippen molar-refractivity contribution in [2.45, 2.75) is 13.8 Å². The molecule has 7 heteroatoms. The van der Waals surface area contributed by atoms with Crippen LogP contribution in [0, 0.1) is 13.8 Å². The van der Waals surface area contributed by atoms with Crippen LogP contribution in [0.3, 0.4) is 0 Å². The zero-order valence-electron chi connectivity index (χ0n) is 15.0. The summed E-state index contributed by atoms with van der Waals surface area (Å²) in [6.45, 7) is 4.40. The molecule has 2 aromatic carbocycles. The number of halogens is 1. The highest BCUT2D eigenvalue weighted by Crippen LogP contribution is 2.14. The molecule has 0 atom stereocenters. The third kappa shape index (κ3) is 4.60. The zero-order chi connectivity index (χ0) is 19.4. The van der Waals surface area contributed by atoms with Gasteiger partial charge >= 0.3 is 0 Å². The first kappa shape index (κ1) is 18.8. The number of fused-ring (bicyclic) bond motifs is 1. The van der Waals surface area contributed by atoms with Gasteiger partial charge in [0.25, 0.3) is 11.8 Å². The van der Waals surface area contributed by atoms with E-state index in [0.717, 1.165) is 16.9 Å². The molecule has 0 spiro atoms. The molecule has 1 aromatic heterocycles. The first-order valence-electron chi connectivity index (χ1n) is 8.51. The fraction of sp³-hybridized carbons (Fsp3) is 0.200. The van der Waals surface area contributed by atoms with Crippen molar-refractivity contribution < 1.29 is 9.59 Å². The first-order chi connectivity index (χ1) is 12.9. The lowest BCUT2D eigenvalue weighted by Crippen LogP contribution is -2.34. The molecule has 0 aliphatic heterocycles. The quantitative estimate of drug-likeness (QED) is 0.664. The van der Waals surface area contributed by atoms with Crippen LogP contribution < -0.4 is 10.6 Å². The Kier molecular flexibility index (Phi) is 5.66. The summed E-state index contributed by atoms with van der Waals surface area (Å²) in [4.78, 5) is 33.3. The average Bonchev–Trinajstić information content (AvgIpc) is 2.65. The van der Waals surface area contributed by atoms with Crippen molar-refractivity contribution in [1.29, 1.82) is 0 Å². The van der Waals surface area contributed by atoms with Crippen LogP contribution in [0.25, 0.3) is 11.0 Å². The van der Waals surface area contributed by atoms with Gasteiger partial charge in [0.2, 0.25) is 0 Å². The van der Waals surface area contributed by atoms with Crippen LogP contribution in [0.5, 0.6) is 0 Å². The Morgan fingerprint density at radius 2 is 1.44 bits per heavy atom. The van der Waals surface area contributed by atoms with E-state index in [-0.39, 0.29) is 11.8 Å². The lowest BCUT2D eigenvalue weighted by Gasteiger charge is -2.08. The summed E-state index contributed by atoms with van der Waals surface area (Å²) < 4.78 is 0. The van der Waals surface area contributed by atoms with Crippen LogP contribution in [0.4, 0.5) is 0 Å². The Labute approximate surface area is 162 Å². The van der Waals surface area contributed by atoms with E-state index in [1.165, 1.54) is 0 Å². The number of nitrogens with zero attached hydrogens (tertiary/aromatic N) is 2. The molecular weight excluding hydrogens is 364 g/mol. The van der Waals surface area contributed by atoms with E-state index in [2.05, 4.69) is 20.6 Å². The van der Waals surface area contributed by atoms with Gasteiger partial charge in [-0.25, -0.2) is 9.97 Å². The maximum atomic E-state index is 12.3. The molecule has 138 valence electrons. The molecule has 6 nitrogen and oxygen atoms in total. The van der Waals surface area contributed by atoms with Crippen LogP contribution in [-0.4, -0.2) is 34.9 Å². The molecule has 2 N–H and O–H groups in total. The Balaban J connectivity index is 1.55. The number of benzene rings is 2. The number of hydrogen-bond acceptors (Lipinski definition) is 4. The van der Waals surface area contributed by atoms with Gasteiger partial charge in [0, 0.05) is 29.2 Å². The van der Waals surface area contributed by atoms with Crippen LogP contribution in [-0.2, 0) is 0 Å². The summed E-state index contributed by atoms with van der Waals surface area (Å²) in [5, 5.41) is 6.02. The van der Waals surface area contributed by atoms with Crippen LogP contribution in [0.2, 0.25) is 5.02 Å². The molecule has 0 aliphatic rings. The molecule has 2 amide bonds. The highest BCUT2D eigenvalue weighted by Gasteiger charge is 2.09. The van der Waals surface area contributed by atoms with E-state index in [1.54, 1.807) is 42.5 Å². The van der Waals surface area contributed by atoms with E-state index in [9.17, 15) is 9.59 Å². The van der Waals surface area contributed by atoms with E-state index >= 15 is 0 Å². The number of rotatable bonds is 5. The summed E-state index contributed by atoms with van der Waals surface area (Å²) >= 11 is 5.87. The molecular formula is C20H19ClN4O2. The predicted octanol–water partition coefficient (Wildman–Crippen LogP) is 3.06. The minimum Gasteiger partial charge on any atom is -0.350 e. The summed E-state index contributed by atoms with van der Waals surface area (Å²) in [5.41, 5.74) is 4.12. The minimum absolute atomic E-state index is 0.228. The lowest BCUT2D eigenvalue weighted by atomic mass is 10.1. The van der Waals surface area contributed by atoms with Gasteiger partial charge in [0.15, 0.2) is 0 Å². The van der Waals surface area contributed by atoms with Crippen LogP contribution >= 0.6 is 11.6 Å². The fourth-order valence-electron chi connectivity index (χ4n) is 2.56. The van der Waals surface area contributed by atoms with Gasteiger partial charge in [-0.3, -0.25) is 9.59 Å². The van der Waals surface area contributed by atoms with Crippen LogP contribution in [0.1, 0.15) is 32.1 Å². The monoisotopic (exact) mass is 382 g/mol. The van der Waals surface area contributed by atoms with Crippen molar-refractivity contribution in [3.8, 4) is 0 Å². The fourth-order valence-corrected chi connectivity index (χ4v) is 2.75. The Morgan fingerprint density at radius 3 is 2.07 bits per heavy atom. The van der Waals surface area contributed by atoms with Crippen molar-refractivity contribution in [3.63, 3.8) is 0 Å². The summed E-state index contributed by atoms with van der Waals surface area (Å²) in [6.07, 6.45) is 0. The molecule has 1 heterocycles. The molecule has 0 aliphatic carbocycles. The van der Waals surface area contributed by atoms with Gasteiger partial charge in [-0.2, -0.15) is 0 Å². The number of carbonyl (C=O) groups excluding carboxylic acids is 2. The Hall–Kier alpha value is -2.99. The molecule has 0 unspecified atom stereocenters. The summed E-state index contributed by atoms with van der Waals surface area (Å²) in [7, 11) is 0. The van der Waals surface area contributed by atoms with Crippen molar-refractivity contribution >= 4 is 34.4 Å². The number of aromatic nitrogens is 2. The smallest absolute Gasteiger partial charge is 0.251 e. The maximum Gasteiger partial charge on any atom is 0.251 e. The summed E-state index contributed by atoms with van der Waals surface area (Å²) in [6, 6.07) is 11.9. The predicted molar refractivity (Wildman–Crippen MR) is 105 cm³/mol. The molecule has 0 bridgehead atoms. The largest absolute Gasteiger partial charge is 0.350 e. The second-order valence-corrected chi connectivity index (χ2v) is 6.56. The van der Waals surface area contributed by atoms with Crippen molar-refractivity contribution in [2.75, 3.05) is 13.1 Å². The molecule has 3 aromatic rings. The van der Waals surface area contributed by atoms with Crippen molar-refractivity contribution in [1.82, 2.24) is 20.6 Å². The topological polar surface area (TPSA) is 84.0 Å². The number of carbonyl (C=O) groups is 2. The number of amides is 2. The SMILES string of the molecule is Cc1nc2ccc(C(=O)NCCNC(=O)c3cccc(Cl)c3)cc2nc1C. The van der Waals surface area contributed by atoms with Crippen molar-refractivity contribution in [3.05, 3.63) is 70.0 Å². The number of aryl methyl sites for hydroxylation is 2. The van der Waals surface area contributed by atoms with Crippen molar-refractivity contribution in [2.24, 2.45) is 0 Å². The maximum absolute atomic E-state index is 12.3. The van der Waals surface area contributed by atoms with Gasteiger partial charge in [0.05, 0.1) is 22.4 Å². The van der Waals surface area contributed by atoms with Gasteiger partial charge in [-0.15, -0.1) is 0 Å². The van der Waals surface area contributed by atoms with Gasteiger partial charge in [-0.05, 0) is 50.2 Å². The highest BCUT2D eigenvalue weighted by atomic mass is 35.5. The molecule has 0 saturated heterocycles. The van der Waals surface area contributed by atoms with E-state index in [0.29, 0.717) is 34.8 Å². The Bertz CT molecular complexity index is 1020. The molecule has 0 saturated carbocycles. The third-order valence-corrected chi connectivity index (χ3v) is 4.36. The van der Waals surface area contributed by atoms with E-state index < -0.39 is 0 Å². The van der Waals surface area contributed by atoms with E-state index in [4.69, 9.17) is 11.6 Å². The normalized spacial score (nSPS) is 10.6. The van der Waals surface area contributed by atoms with Gasteiger partial charge in [-0.1, -0.05) is 17.7 Å². The van der Waals surface area contributed by atoms with Crippen LogP contribution in [0.15, 0.2) is 42.5 Å². The highest BCUT2D eigenvalue weighted by molar-refractivity contribution is 6.30. The second-order valence-electron chi connectivity index (χ2n) is 6.12. The first-order valence-corrected chi connectivity index (χ1v) is 8.89. The van der Waals surface area contributed by atoms with E-state index in [1.807, 2.05) is 13.8 Å². The average molecular weight is 383 g/mol. The molecule has 27 heavy (non-hydrogen) atoms. The molecule has 3 rings (SSSR count). The Morgan fingerprint density at radius 1 is 0.852 bits per heavy atom. The minimum atomic E-state index is -0.237. The second kappa shape index (κ2) is 8.14. The summed E-state index contributed by atoms with van der Waals surface area (Å²) in [5.74, 6) is -0.465. The number of nitrogens with one attached hydrogen (secondary N) is 2. The zero-order valence-corrected chi connectivity index (χ0v) is 15.8. The third-order valence-electron chi connectivity index (χ3n) is 4.12. The van der Waals surface area contributed by atoms with Gasteiger partial charge in [0.1, 0.15) is 0 Å². The lowest BCUT2D eigenvalue weighted by molar-refractivity contribution is 0.0928.